The van der Waals surface area contributed by atoms with Crippen molar-refractivity contribution in [1.82, 2.24) is 15.6 Å². The zero-order valence-electron chi connectivity index (χ0n) is 10.7. The molecular formula is C12H17N3O4. The lowest BCUT2D eigenvalue weighted by molar-refractivity contribution is 0.0690. The van der Waals surface area contributed by atoms with E-state index in [1.165, 1.54) is 12.3 Å². The second-order valence-electron chi connectivity index (χ2n) is 3.66. The molecule has 1 rings (SSSR count). The molecule has 3 N–H and O–H groups in total. The van der Waals surface area contributed by atoms with Crippen LogP contribution in [0.4, 0.5) is 4.79 Å². The first-order valence-corrected chi connectivity index (χ1v) is 5.91. The summed E-state index contributed by atoms with van der Waals surface area (Å²) in [6.07, 6.45) is 1.42. The molecule has 0 radical (unpaired) electrons. The summed E-state index contributed by atoms with van der Waals surface area (Å²) >= 11 is 0. The van der Waals surface area contributed by atoms with Gasteiger partial charge in [0, 0.05) is 25.9 Å². The van der Waals surface area contributed by atoms with Gasteiger partial charge in [0.15, 0.2) is 0 Å². The molecule has 0 bridgehead atoms. The number of ether oxygens (including phenoxy) is 1. The maximum absolute atomic E-state index is 11.4. The lowest BCUT2D eigenvalue weighted by Crippen LogP contribution is -2.36. The molecule has 0 unspecified atom stereocenters. The molecule has 1 aromatic heterocycles. The van der Waals surface area contributed by atoms with E-state index in [0.717, 1.165) is 5.56 Å². The van der Waals surface area contributed by atoms with Crippen LogP contribution in [0.25, 0.3) is 0 Å². The molecule has 0 aliphatic rings. The van der Waals surface area contributed by atoms with Crippen molar-refractivity contribution in [3.05, 3.63) is 29.6 Å². The smallest absolute Gasteiger partial charge is 0.354 e. The predicted octanol–water partition coefficient (Wildman–Crippen LogP) is 0.615. The van der Waals surface area contributed by atoms with Gasteiger partial charge < -0.3 is 20.5 Å². The highest BCUT2D eigenvalue weighted by Gasteiger charge is 2.04. The molecule has 0 atom stereocenters. The SMILES string of the molecule is CCOCCNC(=O)NCc1ccc(C(=O)O)nc1. The highest BCUT2D eigenvalue weighted by atomic mass is 16.5. The molecule has 7 nitrogen and oxygen atoms in total. The zero-order chi connectivity index (χ0) is 14.1. The summed E-state index contributed by atoms with van der Waals surface area (Å²) in [5.74, 6) is -1.08. The third kappa shape index (κ3) is 5.82. The van der Waals surface area contributed by atoms with Crippen LogP contribution in [0.15, 0.2) is 18.3 Å². The van der Waals surface area contributed by atoms with E-state index in [1.807, 2.05) is 6.92 Å². The molecule has 1 aromatic rings. The Balaban J connectivity index is 2.28. The first-order valence-electron chi connectivity index (χ1n) is 5.91. The highest BCUT2D eigenvalue weighted by Crippen LogP contribution is 1.99. The second-order valence-corrected chi connectivity index (χ2v) is 3.66. The maximum atomic E-state index is 11.4. The van der Waals surface area contributed by atoms with E-state index in [9.17, 15) is 9.59 Å². The van der Waals surface area contributed by atoms with Crippen LogP contribution in [-0.4, -0.2) is 41.8 Å². The normalized spacial score (nSPS) is 9.95. The number of pyridine rings is 1. The molecule has 0 fully saturated rings. The molecule has 0 aliphatic carbocycles. The van der Waals surface area contributed by atoms with Crippen LogP contribution in [0.3, 0.4) is 0 Å². The van der Waals surface area contributed by atoms with Gasteiger partial charge in [-0.3, -0.25) is 0 Å². The van der Waals surface area contributed by atoms with Crippen molar-refractivity contribution in [2.75, 3.05) is 19.8 Å². The van der Waals surface area contributed by atoms with Crippen LogP contribution in [0, 0.1) is 0 Å². The van der Waals surface area contributed by atoms with Crippen LogP contribution in [0.1, 0.15) is 23.0 Å². The van der Waals surface area contributed by atoms with E-state index in [2.05, 4.69) is 15.6 Å². The van der Waals surface area contributed by atoms with Crippen molar-refractivity contribution in [3.63, 3.8) is 0 Å². The quantitative estimate of drug-likeness (QED) is 0.629. The number of nitrogens with one attached hydrogen (secondary N) is 2. The van der Waals surface area contributed by atoms with E-state index in [0.29, 0.717) is 19.8 Å². The van der Waals surface area contributed by atoms with Crippen LogP contribution >= 0.6 is 0 Å². The molecule has 19 heavy (non-hydrogen) atoms. The number of carbonyl (C=O) groups is 2. The minimum absolute atomic E-state index is 0.0232. The Morgan fingerprint density at radius 2 is 2.16 bits per heavy atom. The summed E-state index contributed by atoms with van der Waals surface area (Å²) in [5, 5.41) is 13.9. The van der Waals surface area contributed by atoms with Gasteiger partial charge >= 0.3 is 12.0 Å². The summed E-state index contributed by atoms with van der Waals surface area (Å²) < 4.78 is 5.07. The molecule has 2 amide bonds. The first-order chi connectivity index (χ1) is 9.13. The van der Waals surface area contributed by atoms with Crippen molar-refractivity contribution in [3.8, 4) is 0 Å². The number of rotatable bonds is 7. The molecule has 0 saturated heterocycles. The van der Waals surface area contributed by atoms with Crippen molar-refractivity contribution in [2.45, 2.75) is 13.5 Å². The molecular weight excluding hydrogens is 250 g/mol. The summed E-state index contributed by atoms with van der Waals surface area (Å²) in [4.78, 5) is 25.7. The van der Waals surface area contributed by atoms with E-state index < -0.39 is 5.97 Å². The van der Waals surface area contributed by atoms with Crippen LogP contribution in [0.2, 0.25) is 0 Å². The van der Waals surface area contributed by atoms with Gasteiger partial charge in [0.25, 0.3) is 0 Å². The number of hydrogen-bond acceptors (Lipinski definition) is 4. The van der Waals surface area contributed by atoms with Crippen LogP contribution < -0.4 is 10.6 Å². The Labute approximate surface area is 111 Å². The van der Waals surface area contributed by atoms with E-state index in [4.69, 9.17) is 9.84 Å². The van der Waals surface area contributed by atoms with Crippen molar-refractivity contribution in [2.24, 2.45) is 0 Å². The zero-order valence-corrected chi connectivity index (χ0v) is 10.7. The molecule has 7 heteroatoms. The summed E-state index contributed by atoms with van der Waals surface area (Å²) in [6, 6.07) is 2.70. The predicted molar refractivity (Wildman–Crippen MR) is 67.9 cm³/mol. The Kier molecular flexibility index (Phi) is 6.31. The van der Waals surface area contributed by atoms with Gasteiger partial charge in [0.2, 0.25) is 0 Å². The van der Waals surface area contributed by atoms with Gasteiger partial charge in [-0.2, -0.15) is 0 Å². The fourth-order valence-corrected chi connectivity index (χ4v) is 1.28. The average molecular weight is 267 g/mol. The largest absolute Gasteiger partial charge is 0.477 e. The summed E-state index contributed by atoms with van der Waals surface area (Å²) in [5.41, 5.74) is 0.704. The fraction of sp³-hybridized carbons (Fsp3) is 0.417. The standard InChI is InChI=1S/C12H17N3O4/c1-2-19-6-5-13-12(18)15-8-9-3-4-10(11(16)17)14-7-9/h3-4,7H,2,5-6,8H2,1H3,(H,16,17)(H2,13,15,18). The van der Waals surface area contributed by atoms with Gasteiger partial charge in [0.05, 0.1) is 6.61 Å². The number of nitrogens with zero attached hydrogens (tertiary/aromatic N) is 1. The molecule has 104 valence electrons. The number of aromatic nitrogens is 1. The number of carboxylic acids is 1. The first kappa shape index (κ1) is 14.9. The molecule has 0 saturated carbocycles. The monoisotopic (exact) mass is 267 g/mol. The van der Waals surface area contributed by atoms with Gasteiger partial charge in [-0.05, 0) is 18.6 Å². The number of amides is 2. The van der Waals surface area contributed by atoms with Crippen LogP contribution in [0.5, 0.6) is 0 Å². The Bertz CT molecular complexity index is 419. The third-order valence-corrected chi connectivity index (χ3v) is 2.23. The van der Waals surface area contributed by atoms with E-state index in [1.54, 1.807) is 6.07 Å². The van der Waals surface area contributed by atoms with Gasteiger partial charge in [-0.25, -0.2) is 14.6 Å². The lowest BCUT2D eigenvalue weighted by atomic mass is 10.2. The third-order valence-electron chi connectivity index (χ3n) is 2.23. The Hall–Kier alpha value is -2.15. The molecule has 0 aromatic carbocycles. The van der Waals surface area contributed by atoms with Gasteiger partial charge in [-0.15, -0.1) is 0 Å². The van der Waals surface area contributed by atoms with E-state index in [-0.39, 0.29) is 18.3 Å². The number of aromatic carboxylic acids is 1. The lowest BCUT2D eigenvalue weighted by Gasteiger charge is -2.07. The van der Waals surface area contributed by atoms with Crippen molar-refractivity contribution < 1.29 is 19.4 Å². The summed E-state index contributed by atoms with van der Waals surface area (Å²) in [6.45, 7) is 3.70. The number of urea groups is 1. The molecule has 0 spiro atoms. The fourth-order valence-electron chi connectivity index (χ4n) is 1.28. The Morgan fingerprint density at radius 1 is 1.37 bits per heavy atom. The van der Waals surface area contributed by atoms with Gasteiger partial charge in [-0.1, -0.05) is 6.07 Å². The second kappa shape index (κ2) is 8.04. The number of hydrogen-bond donors (Lipinski definition) is 3. The summed E-state index contributed by atoms with van der Waals surface area (Å²) in [7, 11) is 0. The highest BCUT2D eigenvalue weighted by molar-refractivity contribution is 5.85. The number of carbonyl (C=O) groups excluding carboxylic acids is 1. The van der Waals surface area contributed by atoms with Gasteiger partial charge in [0.1, 0.15) is 5.69 Å². The van der Waals surface area contributed by atoms with E-state index >= 15 is 0 Å². The maximum Gasteiger partial charge on any atom is 0.354 e. The molecule has 1 heterocycles. The topological polar surface area (TPSA) is 101 Å². The van der Waals surface area contributed by atoms with Crippen LogP contribution in [-0.2, 0) is 11.3 Å². The number of carboxylic acid groups (broad SMARTS) is 1. The minimum Gasteiger partial charge on any atom is -0.477 e. The average Bonchev–Trinajstić information content (AvgIpc) is 2.42. The minimum atomic E-state index is -1.08. The van der Waals surface area contributed by atoms with Crippen molar-refractivity contribution in [1.29, 1.82) is 0 Å². The molecule has 0 aliphatic heterocycles. The Morgan fingerprint density at radius 3 is 2.74 bits per heavy atom. The van der Waals surface area contributed by atoms with Crippen molar-refractivity contribution >= 4 is 12.0 Å².